The number of halogens is 2. The van der Waals surface area contributed by atoms with Gasteiger partial charge in [0.05, 0.1) is 16.4 Å². The van der Waals surface area contributed by atoms with E-state index in [1.165, 1.54) is 11.1 Å². The van der Waals surface area contributed by atoms with E-state index in [0.29, 0.717) is 5.69 Å². The zero-order valence-electron chi connectivity index (χ0n) is 15.8. The third kappa shape index (κ3) is 5.78. The largest absolute Gasteiger partial charge is 0.366 e. The fraction of sp³-hybridized carbons (Fsp3) is 0.474. The van der Waals surface area contributed by atoms with Crippen LogP contribution < -0.4 is 10.2 Å². The van der Waals surface area contributed by atoms with Gasteiger partial charge in [0.1, 0.15) is 5.82 Å². The van der Waals surface area contributed by atoms with Crippen LogP contribution in [0.2, 0.25) is 0 Å². The summed E-state index contributed by atoms with van der Waals surface area (Å²) in [5, 5.41) is 6.75. The molecule has 1 fully saturated rings. The molecule has 1 aliphatic heterocycles. The Bertz CT molecular complexity index is 743. The average Bonchev–Trinajstić information content (AvgIpc) is 3.14. The molecule has 0 aliphatic carbocycles. The number of piperazine rings is 1. The Morgan fingerprint density at radius 1 is 1.26 bits per heavy atom. The highest BCUT2D eigenvalue weighted by Crippen LogP contribution is 2.20. The van der Waals surface area contributed by atoms with E-state index in [0.717, 1.165) is 57.2 Å². The molecule has 27 heavy (non-hydrogen) atoms. The normalized spacial score (nSPS) is 14.9. The predicted octanol–water partition coefficient (Wildman–Crippen LogP) is 3.40. The third-order valence-electron chi connectivity index (χ3n) is 4.55. The minimum Gasteiger partial charge on any atom is -0.366 e. The highest BCUT2D eigenvalue weighted by molar-refractivity contribution is 14.0. The molecule has 1 saturated heterocycles. The highest BCUT2D eigenvalue weighted by Gasteiger charge is 2.21. The molecule has 0 bridgehead atoms. The lowest BCUT2D eigenvalue weighted by molar-refractivity contribution is 0.371. The van der Waals surface area contributed by atoms with Gasteiger partial charge in [-0.05, 0) is 18.6 Å². The number of guanidine groups is 1. The molecule has 1 aromatic heterocycles. The molecule has 0 radical (unpaired) electrons. The van der Waals surface area contributed by atoms with Gasteiger partial charge in [-0.1, -0.05) is 19.1 Å². The summed E-state index contributed by atoms with van der Waals surface area (Å²) in [6.07, 6.45) is 1.89. The smallest absolute Gasteiger partial charge is 0.193 e. The van der Waals surface area contributed by atoms with Crippen LogP contribution in [0.3, 0.4) is 0 Å². The van der Waals surface area contributed by atoms with Crippen LogP contribution in [0.1, 0.15) is 17.6 Å². The van der Waals surface area contributed by atoms with Crippen LogP contribution >= 0.6 is 35.3 Å². The standard InChI is InChI=1S/C19H26FN5S.HI/c1-3-18-23-15(14-26-18)8-9-22-19(21-2)25-12-10-24(11-13-25)17-7-5-4-6-16(17)20;/h4-7,14H,3,8-13H2,1-2H3,(H,21,22);1H. The summed E-state index contributed by atoms with van der Waals surface area (Å²) < 4.78 is 14.0. The van der Waals surface area contributed by atoms with E-state index in [1.807, 2.05) is 19.2 Å². The lowest BCUT2D eigenvalue weighted by Crippen LogP contribution is -2.53. The van der Waals surface area contributed by atoms with E-state index in [1.54, 1.807) is 17.4 Å². The van der Waals surface area contributed by atoms with Crippen LogP contribution in [-0.4, -0.2) is 55.6 Å². The molecule has 2 heterocycles. The van der Waals surface area contributed by atoms with Crippen molar-refractivity contribution >= 4 is 47.0 Å². The first kappa shape index (κ1) is 21.9. The maximum atomic E-state index is 14.0. The zero-order chi connectivity index (χ0) is 18.4. The van der Waals surface area contributed by atoms with Gasteiger partial charge in [0.2, 0.25) is 0 Å². The van der Waals surface area contributed by atoms with Crippen molar-refractivity contribution in [1.29, 1.82) is 0 Å². The van der Waals surface area contributed by atoms with Gasteiger partial charge < -0.3 is 15.1 Å². The number of aryl methyl sites for hydroxylation is 1. The van der Waals surface area contributed by atoms with Gasteiger partial charge in [-0.25, -0.2) is 9.37 Å². The second kappa shape index (κ2) is 10.8. The molecule has 0 unspecified atom stereocenters. The predicted molar refractivity (Wildman–Crippen MR) is 122 cm³/mol. The molecule has 0 spiro atoms. The number of nitrogens with zero attached hydrogens (tertiary/aromatic N) is 4. The summed E-state index contributed by atoms with van der Waals surface area (Å²) in [5.41, 5.74) is 1.82. The Labute approximate surface area is 181 Å². The second-order valence-electron chi connectivity index (χ2n) is 6.24. The molecule has 0 amide bonds. The number of aliphatic imine (C=N–C) groups is 1. The van der Waals surface area contributed by atoms with Crippen LogP contribution in [-0.2, 0) is 12.8 Å². The molecule has 5 nitrogen and oxygen atoms in total. The lowest BCUT2D eigenvalue weighted by atomic mass is 10.2. The Morgan fingerprint density at radius 2 is 2.00 bits per heavy atom. The van der Waals surface area contributed by atoms with Crippen LogP contribution in [0, 0.1) is 5.82 Å². The maximum Gasteiger partial charge on any atom is 0.193 e. The molecule has 1 N–H and O–H groups in total. The highest BCUT2D eigenvalue weighted by atomic mass is 127. The van der Waals surface area contributed by atoms with Gasteiger partial charge in [-0.2, -0.15) is 0 Å². The van der Waals surface area contributed by atoms with E-state index in [-0.39, 0.29) is 29.8 Å². The first-order valence-corrected chi connectivity index (χ1v) is 9.97. The molecule has 0 atom stereocenters. The first-order valence-electron chi connectivity index (χ1n) is 9.09. The number of hydrogen-bond donors (Lipinski definition) is 1. The number of anilines is 1. The van der Waals surface area contributed by atoms with Crippen molar-refractivity contribution in [2.75, 3.05) is 44.7 Å². The first-order chi connectivity index (χ1) is 12.7. The van der Waals surface area contributed by atoms with Gasteiger partial charge in [-0.3, -0.25) is 4.99 Å². The van der Waals surface area contributed by atoms with Crippen LogP contribution in [0.15, 0.2) is 34.6 Å². The van der Waals surface area contributed by atoms with Crippen molar-refractivity contribution in [3.8, 4) is 0 Å². The van der Waals surface area contributed by atoms with E-state index in [9.17, 15) is 4.39 Å². The fourth-order valence-corrected chi connectivity index (χ4v) is 3.91. The van der Waals surface area contributed by atoms with Gasteiger partial charge in [0.25, 0.3) is 0 Å². The van der Waals surface area contributed by atoms with Gasteiger partial charge in [0.15, 0.2) is 5.96 Å². The third-order valence-corrected chi connectivity index (χ3v) is 5.59. The Kier molecular flexibility index (Phi) is 8.75. The SMILES string of the molecule is CCc1nc(CCNC(=NC)N2CCN(c3ccccc3F)CC2)cs1.I. The summed E-state index contributed by atoms with van der Waals surface area (Å²) in [4.78, 5) is 13.3. The van der Waals surface area contributed by atoms with E-state index in [2.05, 4.69) is 37.4 Å². The Balaban J connectivity index is 0.00000261. The van der Waals surface area contributed by atoms with E-state index < -0.39 is 0 Å². The number of para-hydroxylation sites is 1. The molecule has 1 aliphatic rings. The topological polar surface area (TPSA) is 43.8 Å². The Hall–Kier alpha value is -1.42. The van der Waals surface area contributed by atoms with Crippen molar-refractivity contribution in [2.24, 2.45) is 4.99 Å². The monoisotopic (exact) mass is 503 g/mol. The van der Waals surface area contributed by atoms with E-state index >= 15 is 0 Å². The summed E-state index contributed by atoms with van der Waals surface area (Å²) in [5.74, 6) is 0.752. The maximum absolute atomic E-state index is 14.0. The molecular formula is C19H27FIN5S. The molecule has 2 aromatic rings. The number of nitrogens with one attached hydrogen (secondary N) is 1. The molecular weight excluding hydrogens is 476 g/mol. The van der Waals surface area contributed by atoms with Crippen molar-refractivity contribution in [1.82, 2.24) is 15.2 Å². The van der Waals surface area contributed by atoms with Crippen molar-refractivity contribution < 1.29 is 4.39 Å². The van der Waals surface area contributed by atoms with Crippen molar-refractivity contribution in [3.05, 3.63) is 46.2 Å². The second-order valence-corrected chi connectivity index (χ2v) is 7.18. The summed E-state index contributed by atoms with van der Waals surface area (Å²) in [7, 11) is 1.81. The molecule has 8 heteroatoms. The number of hydrogen-bond acceptors (Lipinski definition) is 4. The van der Waals surface area contributed by atoms with Crippen molar-refractivity contribution in [3.63, 3.8) is 0 Å². The zero-order valence-corrected chi connectivity index (χ0v) is 19.0. The lowest BCUT2D eigenvalue weighted by Gasteiger charge is -2.37. The average molecular weight is 503 g/mol. The van der Waals surface area contributed by atoms with Crippen LogP contribution in [0.5, 0.6) is 0 Å². The fourth-order valence-electron chi connectivity index (χ4n) is 3.13. The summed E-state index contributed by atoms with van der Waals surface area (Å²) >= 11 is 1.73. The number of thiazole rings is 1. The number of rotatable bonds is 5. The van der Waals surface area contributed by atoms with Gasteiger partial charge in [-0.15, -0.1) is 35.3 Å². The van der Waals surface area contributed by atoms with Crippen molar-refractivity contribution in [2.45, 2.75) is 19.8 Å². The molecule has 3 rings (SSSR count). The van der Waals surface area contributed by atoms with E-state index in [4.69, 9.17) is 0 Å². The quantitative estimate of drug-likeness (QED) is 0.386. The summed E-state index contributed by atoms with van der Waals surface area (Å²) in [6, 6.07) is 6.97. The number of aromatic nitrogens is 1. The molecule has 148 valence electrons. The Morgan fingerprint density at radius 3 is 2.63 bits per heavy atom. The van der Waals surface area contributed by atoms with Gasteiger partial charge in [0, 0.05) is 51.6 Å². The minimum absolute atomic E-state index is 0. The van der Waals surface area contributed by atoms with Gasteiger partial charge >= 0.3 is 0 Å². The molecule has 1 aromatic carbocycles. The minimum atomic E-state index is -0.154. The van der Waals surface area contributed by atoms with Crippen LogP contribution in [0.25, 0.3) is 0 Å². The summed E-state index contributed by atoms with van der Waals surface area (Å²) in [6.45, 7) is 6.16. The number of benzene rings is 1. The van der Waals surface area contributed by atoms with Crippen LogP contribution in [0.4, 0.5) is 10.1 Å². The molecule has 0 saturated carbocycles.